The van der Waals surface area contributed by atoms with Crippen LogP contribution in [0, 0.1) is 4.91 Å². The van der Waals surface area contributed by atoms with E-state index in [1.165, 1.54) is 6.07 Å². The summed E-state index contributed by atoms with van der Waals surface area (Å²) < 4.78 is 0. The summed E-state index contributed by atoms with van der Waals surface area (Å²) in [5, 5.41) is 33.7. The molecule has 6 heteroatoms. The lowest BCUT2D eigenvalue weighted by Crippen LogP contribution is -1.91. The van der Waals surface area contributed by atoms with Gasteiger partial charge in [-0.25, -0.2) is 0 Å². The number of fused-ring (bicyclic) bond motifs is 2. The number of nitroso groups, excluding NO2 is 1. The van der Waals surface area contributed by atoms with E-state index in [1.807, 2.05) is 5.48 Å². The summed E-state index contributed by atoms with van der Waals surface area (Å²) in [6.45, 7) is 0. The van der Waals surface area contributed by atoms with Crippen LogP contribution >= 0.6 is 0 Å². The molecule has 20 heavy (non-hydrogen) atoms. The zero-order valence-electron chi connectivity index (χ0n) is 10.2. The number of aromatic hydroxyl groups is 2. The summed E-state index contributed by atoms with van der Waals surface area (Å²) in [4.78, 5) is 10.8. The number of phenols is 2. The Bertz CT molecular complexity index is 846. The maximum Gasteiger partial charge on any atom is 0.133 e. The molecule has 0 atom stereocenters. The normalized spacial score (nSPS) is 10.8. The van der Waals surface area contributed by atoms with E-state index in [9.17, 15) is 15.1 Å². The van der Waals surface area contributed by atoms with E-state index in [0.29, 0.717) is 5.39 Å². The largest absolute Gasteiger partial charge is 0.507 e. The van der Waals surface area contributed by atoms with Crippen molar-refractivity contribution in [1.29, 1.82) is 0 Å². The average molecular weight is 270 g/mol. The van der Waals surface area contributed by atoms with Crippen molar-refractivity contribution in [1.82, 2.24) is 0 Å². The first-order valence-electron chi connectivity index (χ1n) is 5.82. The highest BCUT2D eigenvalue weighted by Gasteiger charge is 2.18. The molecule has 100 valence electrons. The second kappa shape index (κ2) is 4.36. The van der Waals surface area contributed by atoms with Crippen LogP contribution in [0.25, 0.3) is 21.5 Å². The zero-order chi connectivity index (χ0) is 14.3. The molecule has 0 saturated heterocycles. The van der Waals surface area contributed by atoms with Crippen LogP contribution in [0.4, 0.5) is 11.4 Å². The number of phenolic OH excluding ortho intramolecular Hbond substituents is 2. The first-order valence-corrected chi connectivity index (χ1v) is 5.82. The van der Waals surface area contributed by atoms with Crippen LogP contribution in [0.3, 0.4) is 0 Å². The van der Waals surface area contributed by atoms with Crippen LogP contribution in [0.1, 0.15) is 0 Å². The number of benzene rings is 3. The Kier molecular flexibility index (Phi) is 2.66. The van der Waals surface area contributed by atoms with Gasteiger partial charge < -0.3 is 10.2 Å². The highest BCUT2D eigenvalue weighted by molar-refractivity contribution is 6.17. The predicted octanol–water partition coefficient (Wildman–Crippen LogP) is 3.60. The first kappa shape index (κ1) is 12.2. The molecular weight excluding hydrogens is 260 g/mol. The topological polar surface area (TPSA) is 102 Å². The van der Waals surface area contributed by atoms with E-state index >= 15 is 0 Å². The highest BCUT2D eigenvalue weighted by Crippen LogP contribution is 2.47. The van der Waals surface area contributed by atoms with Crippen molar-refractivity contribution >= 4 is 32.9 Å². The van der Waals surface area contributed by atoms with Crippen molar-refractivity contribution in [2.24, 2.45) is 5.18 Å². The van der Waals surface area contributed by atoms with Crippen LogP contribution < -0.4 is 5.48 Å². The van der Waals surface area contributed by atoms with Gasteiger partial charge >= 0.3 is 0 Å². The van der Waals surface area contributed by atoms with Crippen LogP contribution in [0.5, 0.6) is 11.5 Å². The minimum absolute atomic E-state index is 0.0413. The van der Waals surface area contributed by atoms with Crippen LogP contribution in [0.15, 0.2) is 41.6 Å². The van der Waals surface area contributed by atoms with Crippen molar-refractivity contribution < 1.29 is 15.4 Å². The molecule has 0 aliphatic carbocycles. The molecule has 0 heterocycles. The fourth-order valence-corrected chi connectivity index (χ4v) is 2.43. The molecule has 0 unspecified atom stereocenters. The van der Waals surface area contributed by atoms with E-state index in [4.69, 9.17) is 5.21 Å². The molecule has 0 aliphatic rings. The number of rotatable bonds is 2. The molecule has 0 aliphatic heterocycles. The fraction of sp³-hybridized carbons (Fsp3) is 0. The highest BCUT2D eigenvalue weighted by atomic mass is 16.5. The van der Waals surface area contributed by atoms with Gasteiger partial charge in [-0.2, -0.15) is 0 Å². The van der Waals surface area contributed by atoms with Gasteiger partial charge in [-0.1, -0.05) is 24.3 Å². The van der Waals surface area contributed by atoms with Crippen molar-refractivity contribution in [3.8, 4) is 11.5 Å². The average Bonchev–Trinajstić information content (AvgIpc) is 2.50. The maximum absolute atomic E-state index is 10.8. The molecule has 3 aromatic carbocycles. The molecule has 3 aromatic rings. The SMILES string of the molecule is O=Nc1cccc2c(O)c3c(NO)cccc3c(O)c12. The Morgan fingerprint density at radius 1 is 0.900 bits per heavy atom. The zero-order valence-corrected chi connectivity index (χ0v) is 10.2. The van der Waals surface area contributed by atoms with Gasteiger partial charge in [0.2, 0.25) is 0 Å². The monoisotopic (exact) mass is 270 g/mol. The third kappa shape index (κ3) is 1.49. The lowest BCUT2D eigenvalue weighted by atomic mass is 9.98. The number of anilines is 1. The lowest BCUT2D eigenvalue weighted by Gasteiger charge is -2.12. The van der Waals surface area contributed by atoms with Gasteiger partial charge in [0, 0.05) is 10.8 Å². The Morgan fingerprint density at radius 3 is 2.15 bits per heavy atom. The fourth-order valence-electron chi connectivity index (χ4n) is 2.43. The molecule has 0 aromatic heterocycles. The van der Waals surface area contributed by atoms with E-state index in [1.54, 1.807) is 30.3 Å². The quantitative estimate of drug-likeness (QED) is 0.246. The van der Waals surface area contributed by atoms with Crippen molar-refractivity contribution in [2.45, 2.75) is 0 Å². The number of nitrogens with zero attached hydrogens (tertiary/aromatic N) is 1. The van der Waals surface area contributed by atoms with Crippen LogP contribution in [-0.2, 0) is 0 Å². The summed E-state index contributed by atoms with van der Waals surface area (Å²) in [6.07, 6.45) is 0. The smallest absolute Gasteiger partial charge is 0.133 e. The summed E-state index contributed by atoms with van der Waals surface area (Å²) >= 11 is 0. The third-order valence-electron chi connectivity index (χ3n) is 3.31. The van der Waals surface area contributed by atoms with Gasteiger partial charge in [-0.05, 0) is 17.3 Å². The molecule has 0 saturated carbocycles. The Balaban J connectivity index is 2.64. The van der Waals surface area contributed by atoms with Gasteiger partial charge in [-0.3, -0.25) is 10.7 Å². The van der Waals surface area contributed by atoms with Gasteiger partial charge in [0.15, 0.2) is 0 Å². The van der Waals surface area contributed by atoms with Crippen LogP contribution in [0.2, 0.25) is 0 Å². The molecule has 0 amide bonds. The van der Waals surface area contributed by atoms with Crippen molar-refractivity contribution in [3.63, 3.8) is 0 Å². The second-order valence-electron chi connectivity index (χ2n) is 4.33. The number of hydrogen-bond donors (Lipinski definition) is 4. The molecule has 0 bridgehead atoms. The Morgan fingerprint density at radius 2 is 1.50 bits per heavy atom. The van der Waals surface area contributed by atoms with Gasteiger partial charge in [0.1, 0.15) is 17.2 Å². The van der Waals surface area contributed by atoms with E-state index in [0.717, 1.165) is 0 Å². The standard InChI is InChI=1S/C14H10N2O4/c17-13-7-3-1-5-9(15-19)11(7)14(18)8-4-2-6-10(16-20)12(8)13/h1-6,15,17-19H. The second-order valence-corrected chi connectivity index (χ2v) is 4.33. The van der Waals surface area contributed by atoms with E-state index < -0.39 is 0 Å². The van der Waals surface area contributed by atoms with Crippen molar-refractivity contribution in [2.75, 3.05) is 5.48 Å². The summed E-state index contributed by atoms with van der Waals surface area (Å²) in [5.41, 5.74) is 2.27. The third-order valence-corrected chi connectivity index (χ3v) is 3.31. The summed E-state index contributed by atoms with van der Waals surface area (Å²) in [6, 6.07) is 9.30. The molecule has 0 fully saturated rings. The first-order chi connectivity index (χ1) is 9.69. The van der Waals surface area contributed by atoms with E-state index in [2.05, 4.69) is 5.18 Å². The number of hydrogen-bond acceptors (Lipinski definition) is 6. The molecule has 4 N–H and O–H groups in total. The Hall–Kier alpha value is -2.86. The maximum atomic E-state index is 10.8. The van der Waals surface area contributed by atoms with E-state index in [-0.39, 0.29) is 39.0 Å². The minimum atomic E-state index is -0.167. The molecule has 0 spiro atoms. The van der Waals surface area contributed by atoms with Gasteiger partial charge in [-0.15, -0.1) is 4.91 Å². The molecule has 0 radical (unpaired) electrons. The van der Waals surface area contributed by atoms with Gasteiger partial charge in [0.25, 0.3) is 0 Å². The molecular formula is C14H10N2O4. The predicted molar refractivity (Wildman–Crippen MR) is 75.6 cm³/mol. The summed E-state index contributed by atoms with van der Waals surface area (Å²) in [5.74, 6) is -0.310. The minimum Gasteiger partial charge on any atom is -0.507 e. The lowest BCUT2D eigenvalue weighted by molar-refractivity contribution is 0.389. The van der Waals surface area contributed by atoms with Crippen LogP contribution in [-0.4, -0.2) is 15.4 Å². The number of nitrogens with one attached hydrogen (secondary N) is 1. The molecule has 6 nitrogen and oxygen atoms in total. The molecule has 3 rings (SSSR count). The van der Waals surface area contributed by atoms with Gasteiger partial charge in [0.05, 0.1) is 16.5 Å². The Labute approximate surface area is 112 Å². The van der Waals surface area contributed by atoms with Crippen molar-refractivity contribution in [3.05, 3.63) is 41.3 Å². The summed E-state index contributed by atoms with van der Waals surface area (Å²) in [7, 11) is 0.